The van der Waals surface area contributed by atoms with Gasteiger partial charge in [-0.25, -0.2) is 19.2 Å². The first-order chi connectivity index (χ1) is 9.52. The van der Waals surface area contributed by atoms with E-state index in [9.17, 15) is 9.18 Å². The molecular formula is C15H15FN2O2. The lowest BCUT2D eigenvalue weighted by Gasteiger charge is -2.08. The third kappa shape index (κ3) is 2.82. The number of aromatic nitrogens is 2. The number of hydrogen-bond acceptors (Lipinski definition) is 4. The Morgan fingerprint density at radius 3 is 2.70 bits per heavy atom. The minimum absolute atomic E-state index is 0.300. The second-order valence-corrected chi connectivity index (χ2v) is 4.37. The van der Waals surface area contributed by atoms with Crippen LogP contribution < -0.4 is 0 Å². The van der Waals surface area contributed by atoms with Crippen LogP contribution in [0.3, 0.4) is 0 Å². The highest BCUT2D eigenvalue weighted by Crippen LogP contribution is 2.21. The number of carbonyl (C=O) groups is 1. The SMILES string of the molecule is CCOC(=O)c1cnc(-c2ccc(F)cc2C)nc1C. The van der Waals surface area contributed by atoms with Crippen LogP contribution in [0.4, 0.5) is 4.39 Å². The van der Waals surface area contributed by atoms with E-state index >= 15 is 0 Å². The number of hydrogen-bond donors (Lipinski definition) is 0. The van der Waals surface area contributed by atoms with Gasteiger partial charge in [-0.3, -0.25) is 0 Å². The number of carbonyl (C=O) groups excluding carboxylic acids is 1. The van der Waals surface area contributed by atoms with Gasteiger partial charge >= 0.3 is 5.97 Å². The first kappa shape index (κ1) is 14.1. The van der Waals surface area contributed by atoms with E-state index in [0.29, 0.717) is 23.7 Å². The van der Waals surface area contributed by atoms with Crippen molar-refractivity contribution >= 4 is 5.97 Å². The third-order valence-corrected chi connectivity index (χ3v) is 2.90. The Labute approximate surface area is 116 Å². The zero-order chi connectivity index (χ0) is 14.7. The lowest BCUT2D eigenvalue weighted by atomic mass is 10.1. The molecule has 0 N–H and O–H groups in total. The Balaban J connectivity index is 2.40. The van der Waals surface area contributed by atoms with Gasteiger partial charge in [-0.05, 0) is 44.5 Å². The van der Waals surface area contributed by atoms with Gasteiger partial charge in [0.15, 0.2) is 5.82 Å². The third-order valence-electron chi connectivity index (χ3n) is 2.90. The van der Waals surface area contributed by atoms with E-state index < -0.39 is 5.97 Å². The van der Waals surface area contributed by atoms with E-state index in [1.165, 1.54) is 18.3 Å². The molecular weight excluding hydrogens is 259 g/mol. The van der Waals surface area contributed by atoms with Crippen LogP contribution in [0.5, 0.6) is 0 Å². The van der Waals surface area contributed by atoms with Crippen molar-refractivity contribution in [3.8, 4) is 11.4 Å². The summed E-state index contributed by atoms with van der Waals surface area (Å²) in [5.74, 6) is -0.272. The summed E-state index contributed by atoms with van der Waals surface area (Å²) >= 11 is 0. The molecule has 5 heteroatoms. The van der Waals surface area contributed by atoms with E-state index in [1.807, 2.05) is 0 Å². The minimum Gasteiger partial charge on any atom is -0.462 e. The molecule has 0 radical (unpaired) electrons. The van der Waals surface area contributed by atoms with E-state index in [1.54, 1.807) is 26.8 Å². The molecule has 0 saturated heterocycles. The fraction of sp³-hybridized carbons (Fsp3) is 0.267. The minimum atomic E-state index is -0.438. The summed E-state index contributed by atoms with van der Waals surface area (Å²) < 4.78 is 18.0. The Morgan fingerprint density at radius 1 is 1.35 bits per heavy atom. The monoisotopic (exact) mass is 274 g/mol. The van der Waals surface area contributed by atoms with Crippen LogP contribution in [0.1, 0.15) is 28.5 Å². The molecule has 2 rings (SSSR count). The van der Waals surface area contributed by atoms with Gasteiger partial charge in [-0.2, -0.15) is 0 Å². The van der Waals surface area contributed by atoms with Crippen LogP contribution in [-0.4, -0.2) is 22.5 Å². The fourth-order valence-electron chi connectivity index (χ4n) is 1.88. The number of halogens is 1. The number of benzene rings is 1. The first-order valence-electron chi connectivity index (χ1n) is 6.30. The molecule has 4 nitrogen and oxygen atoms in total. The molecule has 0 aliphatic heterocycles. The van der Waals surface area contributed by atoms with Crippen molar-refractivity contribution in [2.75, 3.05) is 6.61 Å². The standard InChI is InChI=1S/C15H15FN2O2/c1-4-20-15(19)13-8-17-14(18-10(13)3)12-6-5-11(16)7-9(12)2/h5-8H,4H2,1-3H3. The zero-order valence-corrected chi connectivity index (χ0v) is 11.6. The maximum Gasteiger partial charge on any atom is 0.341 e. The van der Waals surface area contributed by atoms with Gasteiger partial charge in [0.2, 0.25) is 0 Å². The average Bonchev–Trinajstić information content (AvgIpc) is 2.38. The van der Waals surface area contributed by atoms with Crippen LogP contribution in [0.2, 0.25) is 0 Å². The van der Waals surface area contributed by atoms with Crippen molar-refractivity contribution in [1.82, 2.24) is 9.97 Å². The van der Waals surface area contributed by atoms with Gasteiger partial charge in [0.1, 0.15) is 5.82 Å². The van der Waals surface area contributed by atoms with E-state index in [2.05, 4.69) is 9.97 Å². The van der Waals surface area contributed by atoms with Crippen LogP contribution >= 0.6 is 0 Å². The highest BCUT2D eigenvalue weighted by Gasteiger charge is 2.14. The molecule has 0 amide bonds. The van der Waals surface area contributed by atoms with E-state index in [4.69, 9.17) is 4.74 Å². The molecule has 20 heavy (non-hydrogen) atoms. The number of ether oxygens (including phenoxy) is 1. The van der Waals surface area contributed by atoms with Gasteiger partial charge < -0.3 is 4.74 Å². The second-order valence-electron chi connectivity index (χ2n) is 4.37. The van der Waals surface area contributed by atoms with Crippen LogP contribution in [0, 0.1) is 19.7 Å². The summed E-state index contributed by atoms with van der Waals surface area (Å²) in [6, 6.07) is 4.41. The van der Waals surface area contributed by atoms with Crippen molar-refractivity contribution in [3.05, 3.63) is 47.0 Å². The molecule has 1 heterocycles. The van der Waals surface area contributed by atoms with Crippen LogP contribution in [0.15, 0.2) is 24.4 Å². The predicted octanol–water partition coefficient (Wildman–Crippen LogP) is 3.08. The zero-order valence-electron chi connectivity index (χ0n) is 11.6. The molecule has 0 aliphatic carbocycles. The first-order valence-corrected chi connectivity index (χ1v) is 6.30. The average molecular weight is 274 g/mol. The van der Waals surface area contributed by atoms with Crippen molar-refractivity contribution in [1.29, 1.82) is 0 Å². The molecule has 1 aromatic carbocycles. The molecule has 0 bridgehead atoms. The molecule has 104 valence electrons. The molecule has 0 atom stereocenters. The second kappa shape index (κ2) is 5.77. The number of aryl methyl sites for hydroxylation is 2. The van der Waals surface area contributed by atoms with Crippen molar-refractivity contribution in [2.24, 2.45) is 0 Å². The van der Waals surface area contributed by atoms with Crippen molar-refractivity contribution in [2.45, 2.75) is 20.8 Å². The number of esters is 1. The Morgan fingerprint density at radius 2 is 2.10 bits per heavy atom. The maximum absolute atomic E-state index is 13.1. The van der Waals surface area contributed by atoms with Gasteiger partial charge in [-0.1, -0.05) is 0 Å². The number of rotatable bonds is 3. The van der Waals surface area contributed by atoms with Gasteiger partial charge in [0.25, 0.3) is 0 Å². The van der Waals surface area contributed by atoms with Gasteiger partial charge in [-0.15, -0.1) is 0 Å². The van der Waals surface area contributed by atoms with Gasteiger partial charge in [0.05, 0.1) is 17.9 Å². The van der Waals surface area contributed by atoms with Crippen LogP contribution in [0.25, 0.3) is 11.4 Å². The largest absolute Gasteiger partial charge is 0.462 e. The summed E-state index contributed by atoms with van der Waals surface area (Å²) in [5, 5.41) is 0. The summed E-state index contributed by atoms with van der Waals surface area (Å²) in [5.41, 5.74) is 2.37. The normalized spacial score (nSPS) is 10.4. The highest BCUT2D eigenvalue weighted by molar-refractivity contribution is 5.90. The van der Waals surface area contributed by atoms with E-state index in [0.717, 1.165) is 11.1 Å². The summed E-state index contributed by atoms with van der Waals surface area (Å²) in [4.78, 5) is 20.1. The Hall–Kier alpha value is -2.30. The summed E-state index contributed by atoms with van der Waals surface area (Å²) in [6.07, 6.45) is 1.44. The van der Waals surface area contributed by atoms with Crippen molar-refractivity contribution < 1.29 is 13.9 Å². The maximum atomic E-state index is 13.1. The molecule has 1 aromatic heterocycles. The molecule has 0 fully saturated rings. The van der Waals surface area contributed by atoms with E-state index in [-0.39, 0.29) is 5.82 Å². The topological polar surface area (TPSA) is 52.1 Å². The molecule has 0 saturated carbocycles. The van der Waals surface area contributed by atoms with Crippen molar-refractivity contribution in [3.63, 3.8) is 0 Å². The molecule has 0 spiro atoms. The smallest absolute Gasteiger partial charge is 0.341 e. The lowest BCUT2D eigenvalue weighted by Crippen LogP contribution is -2.09. The van der Waals surface area contributed by atoms with Crippen LogP contribution in [-0.2, 0) is 4.74 Å². The van der Waals surface area contributed by atoms with Gasteiger partial charge in [0, 0.05) is 11.8 Å². The quantitative estimate of drug-likeness (QED) is 0.807. The highest BCUT2D eigenvalue weighted by atomic mass is 19.1. The number of nitrogens with zero attached hydrogens (tertiary/aromatic N) is 2. The molecule has 0 unspecified atom stereocenters. The fourth-order valence-corrected chi connectivity index (χ4v) is 1.88. The predicted molar refractivity (Wildman–Crippen MR) is 72.9 cm³/mol. The summed E-state index contributed by atoms with van der Waals surface area (Å²) in [7, 11) is 0. The lowest BCUT2D eigenvalue weighted by molar-refractivity contribution is 0.0524. The molecule has 0 aliphatic rings. The molecule has 2 aromatic rings. The Bertz CT molecular complexity index is 656. The Kier molecular flexibility index (Phi) is 4.08. The summed E-state index contributed by atoms with van der Waals surface area (Å²) in [6.45, 7) is 5.55.